The standard InChI is InChI=1S/C17H20ClN3O2S2/c1-14-12-16(18)8-9-17(14)19-10-11-20-24-21(25(2,22)23)13-15-6-4-3-5-7-15/h3-10,12,20H,11,13H2,1-2H3. The molecule has 25 heavy (non-hydrogen) atoms. The van der Waals surface area contributed by atoms with E-state index in [2.05, 4.69) is 9.71 Å². The second-order valence-electron chi connectivity index (χ2n) is 5.39. The minimum absolute atomic E-state index is 0.296. The van der Waals surface area contributed by atoms with Gasteiger partial charge < -0.3 is 0 Å². The third kappa shape index (κ3) is 6.80. The van der Waals surface area contributed by atoms with Gasteiger partial charge >= 0.3 is 0 Å². The van der Waals surface area contributed by atoms with Crippen molar-refractivity contribution in [3.63, 3.8) is 0 Å². The van der Waals surface area contributed by atoms with Gasteiger partial charge in [-0.1, -0.05) is 41.9 Å². The lowest BCUT2D eigenvalue weighted by Gasteiger charge is -2.18. The van der Waals surface area contributed by atoms with Gasteiger partial charge in [0.2, 0.25) is 10.0 Å². The summed E-state index contributed by atoms with van der Waals surface area (Å²) in [6.07, 6.45) is 2.89. The van der Waals surface area contributed by atoms with E-state index in [1.54, 1.807) is 12.3 Å². The molecule has 0 unspecified atom stereocenters. The average molecular weight is 398 g/mol. The predicted molar refractivity (Wildman–Crippen MR) is 107 cm³/mol. The molecule has 2 aromatic rings. The molecule has 2 aromatic carbocycles. The summed E-state index contributed by atoms with van der Waals surface area (Å²) in [6, 6.07) is 14.9. The van der Waals surface area contributed by atoms with E-state index in [1.165, 1.54) is 9.97 Å². The van der Waals surface area contributed by atoms with Crippen LogP contribution in [-0.2, 0) is 16.6 Å². The Labute approximate surface area is 158 Å². The van der Waals surface area contributed by atoms with Crippen molar-refractivity contribution in [2.75, 3.05) is 12.8 Å². The maximum atomic E-state index is 11.9. The second kappa shape index (κ2) is 9.35. The number of hydrogen-bond acceptors (Lipinski definition) is 5. The van der Waals surface area contributed by atoms with Gasteiger partial charge in [-0.2, -0.15) is 0 Å². The zero-order valence-corrected chi connectivity index (χ0v) is 16.4. The van der Waals surface area contributed by atoms with Gasteiger partial charge in [0.25, 0.3) is 0 Å². The largest absolute Gasteiger partial charge is 0.260 e. The number of halogens is 1. The van der Waals surface area contributed by atoms with Gasteiger partial charge in [-0.25, -0.2) is 13.1 Å². The van der Waals surface area contributed by atoms with Crippen molar-refractivity contribution in [2.24, 2.45) is 4.99 Å². The highest BCUT2D eigenvalue weighted by Crippen LogP contribution is 2.22. The van der Waals surface area contributed by atoms with Gasteiger partial charge in [0.05, 0.1) is 18.5 Å². The Bertz CT molecular complexity index is 827. The minimum Gasteiger partial charge on any atom is -0.260 e. The molecule has 0 radical (unpaired) electrons. The fourth-order valence-electron chi connectivity index (χ4n) is 2.00. The van der Waals surface area contributed by atoms with Crippen molar-refractivity contribution in [2.45, 2.75) is 13.5 Å². The van der Waals surface area contributed by atoms with Crippen molar-refractivity contribution in [3.8, 4) is 0 Å². The summed E-state index contributed by atoms with van der Waals surface area (Å²) < 4.78 is 28.1. The first-order chi connectivity index (χ1) is 11.9. The van der Waals surface area contributed by atoms with Crippen LogP contribution in [0.1, 0.15) is 11.1 Å². The molecule has 0 aliphatic carbocycles. The van der Waals surface area contributed by atoms with Crippen LogP contribution in [-0.4, -0.2) is 31.1 Å². The van der Waals surface area contributed by atoms with E-state index in [0.29, 0.717) is 18.1 Å². The zero-order chi connectivity index (χ0) is 18.3. The Kier molecular flexibility index (Phi) is 7.46. The summed E-state index contributed by atoms with van der Waals surface area (Å²) in [5, 5.41) is 0.676. The van der Waals surface area contributed by atoms with E-state index >= 15 is 0 Å². The first-order valence-electron chi connectivity index (χ1n) is 7.56. The Morgan fingerprint density at radius 1 is 1.24 bits per heavy atom. The summed E-state index contributed by atoms with van der Waals surface area (Å²) in [6.45, 7) is 2.66. The fraction of sp³-hybridized carbons (Fsp3) is 0.235. The number of hydrogen-bond donors (Lipinski definition) is 1. The van der Waals surface area contributed by atoms with Crippen molar-refractivity contribution in [1.82, 2.24) is 8.43 Å². The van der Waals surface area contributed by atoms with Crippen LogP contribution in [0.2, 0.25) is 5.02 Å². The summed E-state index contributed by atoms with van der Waals surface area (Å²) in [7, 11) is -3.34. The fourth-order valence-corrected chi connectivity index (χ4v) is 3.82. The summed E-state index contributed by atoms with van der Waals surface area (Å²) >= 11 is 6.96. The molecular formula is C17H20ClN3O2S2. The van der Waals surface area contributed by atoms with Crippen LogP contribution in [0.15, 0.2) is 53.5 Å². The third-order valence-electron chi connectivity index (χ3n) is 3.25. The van der Waals surface area contributed by atoms with Gasteiger partial charge in [-0.15, -0.1) is 3.71 Å². The molecule has 5 nitrogen and oxygen atoms in total. The Hall–Kier alpha value is -1.38. The molecule has 8 heteroatoms. The lowest BCUT2D eigenvalue weighted by molar-refractivity contribution is 0.546. The predicted octanol–water partition coefficient (Wildman–Crippen LogP) is 3.97. The van der Waals surface area contributed by atoms with Crippen LogP contribution in [0.3, 0.4) is 0 Å². The van der Waals surface area contributed by atoms with Crippen molar-refractivity contribution >= 4 is 45.7 Å². The SMILES string of the molecule is Cc1cc(Cl)ccc1N=CCNSN(Cc1ccccc1)S(C)(=O)=O. The number of sulfonamides is 1. The molecule has 0 fully saturated rings. The average Bonchev–Trinajstić information content (AvgIpc) is 2.55. The molecule has 2 rings (SSSR count). The van der Waals surface area contributed by atoms with E-state index in [0.717, 1.165) is 28.9 Å². The van der Waals surface area contributed by atoms with Gasteiger partial charge in [0, 0.05) is 29.9 Å². The highest BCUT2D eigenvalue weighted by molar-refractivity contribution is 8.07. The van der Waals surface area contributed by atoms with Crippen LogP contribution in [0.25, 0.3) is 0 Å². The van der Waals surface area contributed by atoms with Gasteiger partial charge in [-0.3, -0.25) is 4.99 Å². The van der Waals surface area contributed by atoms with E-state index in [9.17, 15) is 8.42 Å². The first kappa shape index (κ1) is 19.9. The molecule has 0 spiro atoms. The first-order valence-corrected chi connectivity index (χ1v) is 10.6. The molecule has 0 saturated heterocycles. The van der Waals surface area contributed by atoms with Crippen molar-refractivity contribution in [3.05, 3.63) is 64.7 Å². The molecule has 1 N–H and O–H groups in total. The lowest BCUT2D eigenvalue weighted by atomic mass is 10.2. The number of nitrogens with zero attached hydrogens (tertiary/aromatic N) is 2. The molecule has 0 aromatic heterocycles. The third-order valence-corrected chi connectivity index (χ3v) is 6.02. The molecule has 0 bridgehead atoms. The van der Waals surface area contributed by atoms with Crippen LogP contribution in [0, 0.1) is 6.92 Å². The lowest BCUT2D eigenvalue weighted by Crippen LogP contribution is -2.27. The molecule has 0 aliphatic rings. The normalized spacial score (nSPS) is 12.2. The summed E-state index contributed by atoms with van der Waals surface area (Å²) in [5.41, 5.74) is 2.74. The molecule has 134 valence electrons. The number of benzene rings is 2. The van der Waals surface area contributed by atoms with Crippen LogP contribution in [0.4, 0.5) is 5.69 Å². The topological polar surface area (TPSA) is 61.8 Å². The monoisotopic (exact) mass is 397 g/mol. The molecule has 0 saturated carbocycles. The van der Waals surface area contributed by atoms with E-state index in [1.807, 2.05) is 49.4 Å². The molecule has 0 heterocycles. The molecule has 0 aliphatic heterocycles. The number of rotatable bonds is 8. The van der Waals surface area contributed by atoms with Gasteiger partial charge in [0.15, 0.2) is 0 Å². The summed E-state index contributed by atoms with van der Waals surface area (Å²) in [5.74, 6) is 0. The maximum absolute atomic E-state index is 11.9. The zero-order valence-electron chi connectivity index (χ0n) is 14.0. The van der Waals surface area contributed by atoms with E-state index in [4.69, 9.17) is 11.6 Å². The smallest absolute Gasteiger partial charge is 0.221 e. The highest BCUT2D eigenvalue weighted by Gasteiger charge is 2.17. The van der Waals surface area contributed by atoms with Gasteiger partial charge in [-0.05, 0) is 36.2 Å². The number of aryl methyl sites for hydroxylation is 1. The Balaban J connectivity index is 1.89. The van der Waals surface area contributed by atoms with Crippen LogP contribution in [0.5, 0.6) is 0 Å². The van der Waals surface area contributed by atoms with Crippen LogP contribution >= 0.6 is 23.7 Å². The van der Waals surface area contributed by atoms with Gasteiger partial charge in [0.1, 0.15) is 0 Å². The number of aliphatic imine (C=N–C) groups is 1. The van der Waals surface area contributed by atoms with Crippen LogP contribution < -0.4 is 4.72 Å². The Morgan fingerprint density at radius 3 is 2.60 bits per heavy atom. The minimum atomic E-state index is -3.34. The van der Waals surface area contributed by atoms with E-state index < -0.39 is 10.0 Å². The quantitative estimate of drug-likeness (QED) is 0.416. The number of nitrogens with one attached hydrogen (secondary N) is 1. The molecular weight excluding hydrogens is 378 g/mol. The maximum Gasteiger partial charge on any atom is 0.221 e. The van der Waals surface area contributed by atoms with E-state index in [-0.39, 0.29) is 0 Å². The summed E-state index contributed by atoms with van der Waals surface area (Å²) in [4.78, 5) is 4.36. The Morgan fingerprint density at radius 2 is 1.96 bits per heavy atom. The molecule has 0 atom stereocenters. The van der Waals surface area contributed by atoms with Crippen molar-refractivity contribution < 1.29 is 8.42 Å². The van der Waals surface area contributed by atoms with Crippen molar-refractivity contribution in [1.29, 1.82) is 0 Å². The second-order valence-corrected chi connectivity index (χ2v) is 8.88. The highest BCUT2D eigenvalue weighted by atomic mass is 35.5. The molecule has 0 amide bonds.